The van der Waals surface area contributed by atoms with Gasteiger partial charge in [-0.1, -0.05) is 188 Å². The minimum atomic E-state index is -0.830. The Morgan fingerprint density at radius 3 is 0.962 bits per heavy atom. The van der Waals surface area contributed by atoms with E-state index in [1.807, 2.05) is 94.4 Å². The average molecular weight is 1040 g/mol. The van der Waals surface area contributed by atoms with Crippen molar-refractivity contribution < 1.29 is 42.8 Å². The second-order valence-corrected chi connectivity index (χ2v) is 19.9. The summed E-state index contributed by atoms with van der Waals surface area (Å²) < 4.78 is 34.2. The molecule has 9 nitrogen and oxygen atoms in total. The molecule has 0 saturated heterocycles. The van der Waals surface area contributed by atoms with E-state index < -0.39 is 29.3 Å². The molecule has 386 valence electrons. The fourth-order valence-electron chi connectivity index (χ4n) is 11.8. The van der Waals surface area contributed by atoms with Gasteiger partial charge in [0.05, 0.1) is 10.8 Å². The summed E-state index contributed by atoms with van der Waals surface area (Å²) in [5, 5.41) is 0. The highest BCUT2D eigenvalue weighted by atomic mass is 16.7. The molecule has 10 aromatic rings. The van der Waals surface area contributed by atoms with Crippen molar-refractivity contribution in [3.8, 4) is 51.0 Å². The lowest BCUT2D eigenvalue weighted by Gasteiger charge is -2.34. The van der Waals surface area contributed by atoms with Crippen LogP contribution >= 0.6 is 0 Å². The summed E-state index contributed by atoms with van der Waals surface area (Å²) in [5.41, 5.74) is 15.3. The minimum Gasteiger partial charge on any atom is -0.429 e. The van der Waals surface area contributed by atoms with Crippen LogP contribution < -0.4 is 23.7 Å². The Balaban J connectivity index is 0.813. The molecule has 10 aromatic carbocycles. The van der Waals surface area contributed by atoms with Gasteiger partial charge in [-0.25, -0.2) is 14.4 Å². The molecule has 0 fully saturated rings. The van der Waals surface area contributed by atoms with E-state index in [1.54, 1.807) is 48.5 Å². The van der Waals surface area contributed by atoms with E-state index in [1.165, 1.54) is 0 Å². The molecular formula is C70H52O9. The molecule has 0 radical (unpaired) electrons. The van der Waals surface area contributed by atoms with E-state index in [9.17, 15) is 14.4 Å². The van der Waals surface area contributed by atoms with E-state index in [0.29, 0.717) is 28.7 Å². The van der Waals surface area contributed by atoms with Gasteiger partial charge in [-0.2, -0.15) is 0 Å². The van der Waals surface area contributed by atoms with Gasteiger partial charge in [-0.15, -0.1) is 0 Å². The monoisotopic (exact) mass is 1040 g/mol. The van der Waals surface area contributed by atoms with Crippen LogP contribution in [0.4, 0.5) is 14.4 Å². The Morgan fingerprint density at radius 1 is 0.316 bits per heavy atom. The molecule has 0 aromatic heterocycles. The van der Waals surface area contributed by atoms with Gasteiger partial charge in [0.25, 0.3) is 0 Å². The van der Waals surface area contributed by atoms with E-state index in [4.69, 9.17) is 28.4 Å². The summed E-state index contributed by atoms with van der Waals surface area (Å²) >= 11 is 0. The number of carbonyl (C=O) groups excluding carboxylic acids is 3. The number of rotatable bonds is 11. The molecule has 0 atom stereocenters. The van der Waals surface area contributed by atoms with Crippen LogP contribution in [0.1, 0.15) is 72.3 Å². The summed E-state index contributed by atoms with van der Waals surface area (Å²) in [7, 11) is 0. The van der Waals surface area contributed by atoms with Crippen LogP contribution in [-0.2, 0) is 22.2 Å². The molecule has 0 heterocycles. The minimum absolute atomic E-state index is 0.0216. The van der Waals surface area contributed by atoms with Crippen LogP contribution in [-0.4, -0.2) is 18.5 Å². The Labute approximate surface area is 458 Å². The zero-order valence-corrected chi connectivity index (χ0v) is 43.8. The SMILES string of the molecule is Cc1cc(C2(c3ccc(OC(=O)Oc4ccccc4)c(C)c3)c3ccccc3-c3ccccc32)ccc1COC(=O)Oc1ccc(C2(c3ccc(OC(=O)Oc4ccccc4)c(C)c3)c3ccccc3-c3ccccc32)cc1C. The maximum Gasteiger partial charge on any atom is 0.519 e. The van der Waals surface area contributed by atoms with Crippen molar-refractivity contribution in [3.05, 3.63) is 303 Å². The van der Waals surface area contributed by atoms with Gasteiger partial charge in [-0.3, -0.25) is 0 Å². The summed E-state index contributed by atoms with van der Waals surface area (Å²) in [6.45, 7) is 7.76. The van der Waals surface area contributed by atoms with Crippen LogP contribution in [0.5, 0.6) is 28.7 Å². The Morgan fingerprint density at radius 2 is 0.620 bits per heavy atom. The molecular weight excluding hydrogens is 985 g/mol. The van der Waals surface area contributed by atoms with Crippen LogP contribution in [0.15, 0.2) is 231 Å². The van der Waals surface area contributed by atoms with Crippen LogP contribution in [0.3, 0.4) is 0 Å². The molecule has 9 heteroatoms. The van der Waals surface area contributed by atoms with Gasteiger partial charge >= 0.3 is 18.5 Å². The number of fused-ring (bicyclic) bond motifs is 6. The Hall–Kier alpha value is -9.99. The van der Waals surface area contributed by atoms with E-state index in [-0.39, 0.29) is 6.61 Å². The third kappa shape index (κ3) is 8.85. The summed E-state index contributed by atoms with van der Waals surface area (Å²) in [4.78, 5) is 39.6. The van der Waals surface area contributed by atoms with Crippen molar-refractivity contribution in [2.24, 2.45) is 0 Å². The largest absolute Gasteiger partial charge is 0.519 e. The third-order valence-corrected chi connectivity index (χ3v) is 15.3. The summed E-state index contributed by atoms with van der Waals surface area (Å²) in [5.74, 6) is 1.92. The molecule has 12 rings (SSSR count). The predicted molar refractivity (Wildman–Crippen MR) is 303 cm³/mol. The molecule has 0 aliphatic heterocycles. The number of carbonyl (C=O) groups is 3. The summed E-state index contributed by atoms with van der Waals surface area (Å²) in [6.07, 6.45) is -2.48. The van der Waals surface area contributed by atoms with Crippen molar-refractivity contribution in [1.82, 2.24) is 0 Å². The quantitative estimate of drug-likeness (QED) is 0.0924. The number of hydrogen-bond donors (Lipinski definition) is 0. The predicted octanol–water partition coefficient (Wildman–Crippen LogP) is 16.5. The van der Waals surface area contributed by atoms with Crippen molar-refractivity contribution >= 4 is 18.5 Å². The van der Waals surface area contributed by atoms with Crippen LogP contribution in [0, 0.1) is 27.7 Å². The fourth-order valence-corrected chi connectivity index (χ4v) is 11.8. The topological polar surface area (TPSA) is 107 Å². The lowest BCUT2D eigenvalue weighted by Crippen LogP contribution is -2.29. The fraction of sp³-hybridized carbons (Fsp3) is 0.100. The molecule has 0 bridgehead atoms. The second kappa shape index (κ2) is 20.5. The lowest BCUT2D eigenvalue weighted by atomic mass is 9.67. The van der Waals surface area contributed by atoms with Crippen molar-refractivity contribution in [2.75, 3.05) is 0 Å². The molecule has 0 amide bonds. The smallest absolute Gasteiger partial charge is 0.429 e. The normalized spacial score (nSPS) is 13.0. The number of ether oxygens (including phenoxy) is 6. The molecule has 0 unspecified atom stereocenters. The molecule has 2 aliphatic rings. The summed E-state index contributed by atoms with van der Waals surface area (Å²) in [6, 6.07) is 75.3. The third-order valence-electron chi connectivity index (χ3n) is 15.3. The molecule has 0 saturated carbocycles. The Bertz CT molecular complexity index is 3920. The maximum atomic E-state index is 13.7. The number of hydrogen-bond acceptors (Lipinski definition) is 9. The van der Waals surface area contributed by atoms with Gasteiger partial charge in [0.1, 0.15) is 35.4 Å². The highest BCUT2D eigenvalue weighted by molar-refractivity contribution is 5.88. The average Bonchev–Trinajstić information content (AvgIpc) is 4.05. The van der Waals surface area contributed by atoms with E-state index in [2.05, 4.69) is 115 Å². The van der Waals surface area contributed by atoms with Crippen molar-refractivity contribution in [2.45, 2.75) is 45.1 Å². The first-order valence-corrected chi connectivity index (χ1v) is 26.1. The second-order valence-electron chi connectivity index (χ2n) is 19.9. The standard InChI is InChI=1S/C70H52O9/c1-44-39-49(69(59-27-15-11-23-55(59)56-24-12-16-28-60(56)69)50-34-37-64(46(3)41-50)78-67(72)75-53-19-7-5-8-20-53)32-31-48(44)43-74-66(71)77-63-36-33-51(40-45(63)2)70(61-29-17-13-25-57(61)58-26-14-18-30-62(58)70)52-35-38-65(47(4)42-52)79-68(73)76-54-21-9-6-10-22-54/h5-42H,43H2,1-4H3. The first-order valence-electron chi connectivity index (χ1n) is 26.1. The number of aryl methyl sites for hydroxylation is 4. The molecule has 79 heavy (non-hydrogen) atoms. The molecule has 0 spiro atoms. The van der Waals surface area contributed by atoms with E-state index >= 15 is 0 Å². The molecule has 2 aliphatic carbocycles. The lowest BCUT2D eigenvalue weighted by molar-refractivity contribution is 0.0923. The molecule has 0 N–H and O–H groups in total. The van der Waals surface area contributed by atoms with Crippen molar-refractivity contribution in [1.29, 1.82) is 0 Å². The van der Waals surface area contributed by atoms with Gasteiger partial charge in [0.2, 0.25) is 0 Å². The maximum absolute atomic E-state index is 13.7. The van der Waals surface area contributed by atoms with Crippen LogP contribution in [0.2, 0.25) is 0 Å². The van der Waals surface area contributed by atoms with Gasteiger partial charge in [0, 0.05) is 0 Å². The van der Waals surface area contributed by atoms with Crippen LogP contribution in [0.25, 0.3) is 22.3 Å². The first-order chi connectivity index (χ1) is 38.5. The van der Waals surface area contributed by atoms with E-state index in [0.717, 1.165) is 94.6 Å². The zero-order valence-electron chi connectivity index (χ0n) is 43.8. The highest BCUT2D eigenvalue weighted by Crippen LogP contribution is 2.58. The first kappa shape index (κ1) is 49.9. The van der Waals surface area contributed by atoms with Gasteiger partial charge in [-0.05, 0) is 165 Å². The van der Waals surface area contributed by atoms with Gasteiger partial charge in [0.15, 0.2) is 0 Å². The Kier molecular flexibility index (Phi) is 12.9. The van der Waals surface area contributed by atoms with Crippen molar-refractivity contribution in [3.63, 3.8) is 0 Å². The highest BCUT2D eigenvalue weighted by Gasteiger charge is 2.48. The van der Waals surface area contributed by atoms with Gasteiger partial charge < -0.3 is 28.4 Å². The number of para-hydroxylation sites is 2. The number of benzene rings is 10. The zero-order chi connectivity index (χ0) is 54.3.